The Morgan fingerprint density at radius 2 is 1.60 bits per heavy atom. The molecule has 3 aromatic carbocycles. The maximum atomic E-state index is 13.0. The Bertz CT molecular complexity index is 1210. The number of hydrogen-bond acceptors (Lipinski definition) is 3. The minimum atomic E-state index is -4.42. The molecule has 0 aromatic heterocycles. The summed E-state index contributed by atoms with van der Waals surface area (Å²) in [7, 11) is 0. The largest absolute Gasteiger partial charge is 0.416 e. The fourth-order valence-electron chi connectivity index (χ4n) is 4.25. The summed E-state index contributed by atoms with van der Waals surface area (Å²) in [5.41, 5.74) is 7.60. The molecular weight excluding hydrogens is 457 g/mol. The average molecular weight is 483 g/mol. The molecule has 9 heteroatoms. The van der Waals surface area contributed by atoms with Crippen LogP contribution >= 0.6 is 0 Å². The number of alkyl halides is 3. The third-order valence-electron chi connectivity index (χ3n) is 6.09. The Kier molecular flexibility index (Phi) is 6.68. The van der Waals surface area contributed by atoms with E-state index >= 15 is 0 Å². The van der Waals surface area contributed by atoms with Crippen LogP contribution in [-0.4, -0.2) is 42.5 Å². The Morgan fingerprint density at radius 1 is 0.943 bits per heavy atom. The third kappa shape index (κ3) is 5.40. The van der Waals surface area contributed by atoms with Crippen LogP contribution in [0.4, 0.5) is 29.3 Å². The van der Waals surface area contributed by atoms with Crippen molar-refractivity contribution < 1.29 is 22.8 Å². The van der Waals surface area contributed by atoms with Gasteiger partial charge in [-0.3, -0.25) is 4.79 Å². The zero-order valence-corrected chi connectivity index (χ0v) is 19.0. The van der Waals surface area contributed by atoms with Crippen LogP contribution in [0.25, 0.3) is 11.1 Å². The number of amides is 3. The molecule has 4 rings (SSSR count). The normalized spacial score (nSPS) is 16.2. The van der Waals surface area contributed by atoms with E-state index in [1.807, 2.05) is 19.1 Å². The van der Waals surface area contributed by atoms with Gasteiger partial charge in [0.2, 0.25) is 0 Å². The van der Waals surface area contributed by atoms with E-state index < -0.39 is 17.8 Å². The molecule has 0 aliphatic carbocycles. The van der Waals surface area contributed by atoms with Crippen molar-refractivity contribution in [1.29, 1.82) is 0 Å². The molecule has 3 N–H and O–H groups in total. The zero-order chi connectivity index (χ0) is 25.2. The summed E-state index contributed by atoms with van der Waals surface area (Å²) in [5, 5.41) is 2.86. The average Bonchev–Trinajstić information content (AvgIpc) is 2.84. The fraction of sp³-hybridized carbons (Fsp3) is 0.231. The van der Waals surface area contributed by atoms with Gasteiger partial charge >= 0.3 is 12.2 Å². The van der Waals surface area contributed by atoms with Crippen LogP contribution in [0.3, 0.4) is 0 Å². The second-order valence-corrected chi connectivity index (χ2v) is 8.45. The summed E-state index contributed by atoms with van der Waals surface area (Å²) >= 11 is 0. The van der Waals surface area contributed by atoms with Crippen molar-refractivity contribution >= 4 is 23.3 Å². The number of nitrogens with one attached hydrogen (secondary N) is 1. The van der Waals surface area contributed by atoms with Crippen LogP contribution in [0.1, 0.15) is 22.8 Å². The van der Waals surface area contributed by atoms with Gasteiger partial charge in [-0.15, -0.1) is 0 Å². The molecule has 1 aliphatic heterocycles. The van der Waals surface area contributed by atoms with Crippen molar-refractivity contribution in [3.8, 4) is 11.1 Å². The number of piperazine rings is 1. The van der Waals surface area contributed by atoms with Crippen molar-refractivity contribution in [3.63, 3.8) is 0 Å². The van der Waals surface area contributed by atoms with Crippen LogP contribution in [-0.2, 0) is 6.18 Å². The van der Waals surface area contributed by atoms with E-state index in [1.165, 1.54) is 12.1 Å². The van der Waals surface area contributed by atoms with Gasteiger partial charge in [-0.2, -0.15) is 13.2 Å². The van der Waals surface area contributed by atoms with Crippen LogP contribution < -0.4 is 16.0 Å². The number of primary amides is 1. The van der Waals surface area contributed by atoms with Gasteiger partial charge in [0.15, 0.2) is 0 Å². The lowest BCUT2D eigenvalue weighted by Gasteiger charge is -2.40. The molecule has 3 aromatic rings. The Labute approximate surface area is 201 Å². The summed E-state index contributed by atoms with van der Waals surface area (Å²) in [6.45, 7) is 3.74. The van der Waals surface area contributed by atoms with E-state index in [9.17, 15) is 22.8 Å². The van der Waals surface area contributed by atoms with Crippen LogP contribution in [0.5, 0.6) is 0 Å². The van der Waals surface area contributed by atoms with E-state index in [4.69, 9.17) is 5.73 Å². The Morgan fingerprint density at radius 3 is 2.20 bits per heavy atom. The molecule has 3 amide bonds. The quantitative estimate of drug-likeness (QED) is 0.536. The molecule has 0 spiro atoms. The van der Waals surface area contributed by atoms with Gasteiger partial charge in [0.1, 0.15) is 0 Å². The first kappa shape index (κ1) is 24.1. The standard InChI is InChI=1S/C26H25F3N4O2/c1-17-16-32(25(30)35)14-15-33(17)21-12-10-20(11-13-21)31-24(34)23-5-3-2-4-22(23)18-6-8-19(9-7-18)26(27,28)29/h2-13,17H,14-16H2,1H3,(H2,30,35)(H,31,34). The first-order valence-electron chi connectivity index (χ1n) is 11.1. The van der Waals surface area contributed by atoms with E-state index in [1.54, 1.807) is 41.3 Å². The summed E-state index contributed by atoms with van der Waals surface area (Å²) in [6.07, 6.45) is -4.42. The highest BCUT2D eigenvalue weighted by Gasteiger charge is 2.30. The molecule has 1 aliphatic rings. The maximum Gasteiger partial charge on any atom is 0.416 e. The second kappa shape index (κ2) is 9.69. The number of nitrogens with two attached hydrogens (primary N) is 1. The molecule has 0 saturated carbocycles. The summed E-state index contributed by atoms with van der Waals surface area (Å²) < 4.78 is 38.7. The Hall–Kier alpha value is -4.01. The van der Waals surface area contributed by atoms with E-state index in [2.05, 4.69) is 10.2 Å². The minimum Gasteiger partial charge on any atom is -0.365 e. The maximum absolute atomic E-state index is 13.0. The summed E-state index contributed by atoms with van der Waals surface area (Å²) in [5.74, 6) is -0.364. The number of carbonyl (C=O) groups is 2. The topological polar surface area (TPSA) is 78.7 Å². The van der Waals surface area contributed by atoms with Crippen LogP contribution in [0, 0.1) is 0 Å². The fourth-order valence-corrected chi connectivity index (χ4v) is 4.25. The van der Waals surface area contributed by atoms with E-state index in [-0.39, 0.29) is 11.9 Å². The number of halogens is 3. The van der Waals surface area contributed by atoms with Crippen molar-refractivity contribution in [3.05, 3.63) is 83.9 Å². The van der Waals surface area contributed by atoms with Gasteiger partial charge in [-0.05, 0) is 60.5 Å². The number of benzene rings is 3. The number of rotatable bonds is 4. The Balaban J connectivity index is 1.48. The number of nitrogens with zero attached hydrogens (tertiary/aromatic N) is 2. The minimum absolute atomic E-state index is 0.0901. The smallest absolute Gasteiger partial charge is 0.365 e. The van der Waals surface area contributed by atoms with E-state index in [0.717, 1.165) is 17.8 Å². The molecular formula is C26H25F3N4O2. The SMILES string of the molecule is CC1CN(C(N)=O)CCN1c1ccc(NC(=O)c2ccccc2-c2ccc(C(F)(F)F)cc2)cc1. The van der Waals surface area contributed by atoms with Gasteiger partial charge < -0.3 is 20.9 Å². The first-order chi connectivity index (χ1) is 16.6. The highest BCUT2D eigenvalue weighted by atomic mass is 19.4. The monoisotopic (exact) mass is 482 g/mol. The van der Waals surface area contributed by atoms with Crippen molar-refractivity contribution in [1.82, 2.24) is 4.90 Å². The second-order valence-electron chi connectivity index (χ2n) is 8.45. The molecule has 182 valence electrons. The third-order valence-corrected chi connectivity index (χ3v) is 6.09. The van der Waals surface area contributed by atoms with Gasteiger partial charge in [0.25, 0.3) is 5.91 Å². The number of hydrogen-bond donors (Lipinski definition) is 2. The lowest BCUT2D eigenvalue weighted by Crippen LogP contribution is -2.55. The molecule has 1 saturated heterocycles. The summed E-state index contributed by atoms with van der Waals surface area (Å²) in [6, 6.07) is 18.6. The van der Waals surface area contributed by atoms with Crippen molar-refractivity contribution in [2.24, 2.45) is 5.73 Å². The molecule has 1 heterocycles. The highest BCUT2D eigenvalue weighted by molar-refractivity contribution is 6.08. The van der Waals surface area contributed by atoms with Crippen molar-refractivity contribution in [2.75, 3.05) is 29.9 Å². The van der Waals surface area contributed by atoms with Crippen LogP contribution in [0.15, 0.2) is 72.8 Å². The van der Waals surface area contributed by atoms with Gasteiger partial charge in [-0.25, -0.2) is 4.79 Å². The molecule has 0 radical (unpaired) electrons. The van der Waals surface area contributed by atoms with Gasteiger partial charge in [-0.1, -0.05) is 30.3 Å². The van der Waals surface area contributed by atoms with Gasteiger partial charge in [0, 0.05) is 42.6 Å². The molecule has 35 heavy (non-hydrogen) atoms. The number of anilines is 2. The van der Waals surface area contributed by atoms with Gasteiger partial charge in [0.05, 0.1) is 5.56 Å². The first-order valence-corrected chi connectivity index (χ1v) is 11.1. The number of urea groups is 1. The van der Waals surface area contributed by atoms with E-state index in [0.29, 0.717) is 42.0 Å². The van der Waals surface area contributed by atoms with Crippen LogP contribution in [0.2, 0.25) is 0 Å². The number of carbonyl (C=O) groups excluding carboxylic acids is 2. The molecule has 1 fully saturated rings. The molecule has 1 unspecified atom stereocenters. The highest BCUT2D eigenvalue weighted by Crippen LogP contribution is 2.32. The summed E-state index contributed by atoms with van der Waals surface area (Å²) in [4.78, 5) is 28.2. The van der Waals surface area contributed by atoms with Crippen molar-refractivity contribution in [2.45, 2.75) is 19.1 Å². The predicted octanol–water partition coefficient (Wildman–Crippen LogP) is 5.21. The lowest BCUT2D eigenvalue weighted by molar-refractivity contribution is -0.137. The lowest BCUT2D eigenvalue weighted by atomic mass is 9.98. The molecule has 6 nitrogen and oxygen atoms in total. The molecule has 0 bridgehead atoms. The molecule has 1 atom stereocenters. The zero-order valence-electron chi connectivity index (χ0n) is 19.0. The predicted molar refractivity (Wildman–Crippen MR) is 129 cm³/mol.